The molecule has 0 amide bonds. The minimum Gasteiger partial charge on any atom is -0.374 e. The Morgan fingerprint density at radius 1 is 0.968 bits per heavy atom. The second kappa shape index (κ2) is 8.32. The van der Waals surface area contributed by atoms with Crippen LogP contribution < -0.4 is 10.9 Å². The van der Waals surface area contributed by atoms with Gasteiger partial charge in [-0.05, 0) is 55.1 Å². The highest BCUT2D eigenvalue weighted by atomic mass is 32.1. The van der Waals surface area contributed by atoms with E-state index in [1.165, 1.54) is 0 Å². The zero-order valence-electron chi connectivity index (χ0n) is 17.4. The second-order valence-electron chi connectivity index (χ2n) is 7.54. The van der Waals surface area contributed by atoms with Gasteiger partial charge < -0.3 is 5.32 Å². The summed E-state index contributed by atoms with van der Waals surface area (Å²) in [5.74, 6) is 0. The summed E-state index contributed by atoms with van der Waals surface area (Å²) in [6.45, 7) is 4.06. The molecule has 0 spiro atoms. The number of aromatic nitrogens is 3. The highest BCUT2D eigenvalue weighted by Crippen LogP contribution is 2.27. The SMILES string of the molecule is Cc1cccc2cc([C@H](C)Nc3cnn4ccccc34)n(-c3ccccc3)c(=O)c12.S. The van der Waals surface area contributed by atoms with Crippen molar-refractivity contribution >= 4 is 35.5 Å². The van der Waals surface area contributed by atoms with Crippen LogP contribution in [0.25, 0.3) is 22.0 Å². The first-order valence-electron chi connectivity index (χ1n) is 10.0. The lowest BCUT2D eigenvalue weighted by Crippen LogP contribution is -2.25. The predicted molar refractivity (Wildman–Crippen MR) is 132 cm³/mol. The number of nitrogens with zero attached hydrogens (tertiary/aromatic N) is 3. The molecule has 0 radical (unpaired) electrons. The van der Waals surface area contributed by atoms with E-state index in [2.05, 4.69) is 23.4 Å². The third kappa shape index (κ3) is 3.59. The lowest BCUT2D eigenvalue weighted by Gasteiger charge is -2.21. The summed E-state index contributed by atoms with van der Waals surface area (Å²) in [5, 5.41) is 9.68. The molecule has 156 valence electrons. The zero-order valence-corrected chi connectivity index (χ0v) is 18.4. The van der Waals surface area contributed by atoms with E-state index in [0.29, 0.717) is 0 Å². The Labute approximate surface area is 187 Å². The topological polar surface area (TPSA) is 51.3 Å². The van der Waals surface area contributed by atoms with Crippen LogP contribution in [0.15, 0.2) is 90.0 Å². The van der Waals surface area contributed by atoms with Crippen LogP contribution >= 0.6 is 13.5 Å². The number of fused-ring (bicyclic) bond motifs is 2. The summed E-state index contributed by atoms with van der Waals surface area (Å²) in [6.07, 6.45) is 3.74. The van der Waals surface area contributed by atoms with Crippen molar-refractivity contribution in [2.45, 2.75) is 19.9 Å². The van der Waals surface area contributed by atoms with Gasteiger partial charge in [-0.2, -0.15) is 18.6 Å². The summed E-state index contributed by atoms with van der Waals surface area (Å²) in [6, 6.07) is 23.8. The second-order valence-corrected chi connectivity index (χ2v) is 7.54. The van der Waals surface area contributed by atoms with Crippen molar-refractivity contribution in [2.24, 2.45) is 0 Å². The molecule has 0 unspecified atom stereocenters. The van der Waals surface area contributed by atoms with Crippen molar-refractivity contribution in [3.63, 3.8) is 0 Å². The summed E-state index contributed by atoms with van der Waals surface area (Å²) < 4.78 is 3.65. The van der Waals surface area contributed by atoms with Gasteiger partial charge in [0.05, 0.1) is 28.8 Å². The molecule has 3 heterocycles. The van der Waals surface area contributed by atoms with Gasteiger partial charge in [-0.25, -0.2) is 4.52 Å². The Balaban J connectivity index is 0.00000231. The van der Waals surface area contributed by atoms with Gasteiger partial charge >= 0.3 is 0 Å². The Kier molecular flexibility index (Phi) is 5.57. The van der Waals surface area contributed by atoms with E-state index in [4.69, 9.17) is 0 Å². The molecule has 0 aliphatic rings. The van der Waals surface area contributed by atoms with Crippen molar-refractivity contribution in [1.29, 1.82) is 0 Å². The minimum absolute atomic E-state index is 0. The lowest BCUT2D eigenvalue weighted by molar-refractivity contribution is 0.778. The molecule has 0 saturated carbocycles. The van der Waals surface area contributed by atoms with Crippen LogP contribution in [-0.4, -0.2) is 14.2 Å². The number of benzene rings is 2. The van der Waals surface area contributed by atoms with E-state index in [1.54, 1.807) is 0 Å². The van der Waals surface area contributed by atoms with E-state index < -0.39 is 0 Å². The molecular formula is C25H24N4OS. The van der Waals surface area contributed by atoms with E-state index in [0.717, 1.165) is 38.9 Å². The average Bonchev–Trinajstić information content (AvgIpc) is 3.17. The standard InChI is InChI=1S/C25H22N4O.H2S/c1-17-9-8-10-19-15-23(29(25(30)24(17)19)20-11-4-3-5-12-20)18(2)27-21-16-26-28-14-7-6-13-22(21)28;/h3-16,18,27H,1-2H3;1H2/t18-;/m0./s1. The zero-order chi connectivity index (χ0) is 20.7. The lowest BCUT2D eigenvalue weighted by atomic mass is 10.0. The van der Waals surface area contributed by atoms with Gasteiger partial charge in [-0.1, -0.05) is 42.5 Å². The van der Waals surface area contributed by atoms with Crippen LogP contribution in [0.3, 0.4) is 0 Å². The molecule has 0 saturated heterocycles. The molecule has 0 fully saturated rings. The molecule has 5 rings (SSSR count). The third-order valence-electron chi connectivity index (χ3n) is 5.54. The van der Waals surface area contributed by atoms with Gasteiger partial charge in [0, 0.05) is 17.6 Å². The van der Waals surface area contributed by atoms with Gasteiger partial charge in [0.15, 0.2) is 0 Å². The molecule has 5 aromatic rings. The summed E-state index contributed by atoms with van der Waals surface area (Å²) >= 11 is 0. The molecule has 0 aliphatic heterocycles. The quantitative estimate of drug-likeness (QED) is 0.426. The number of rotatable bonds is 4. The fourth-order valence-corrected chi connectivity index (χ4v) is 4.07. The molecule has 1 N–H and O–H groups in total. The number of hydrogen-bond acceptors (Lipinski definition) is 3. The largest absolute Gasteiger partial charge is 0.374 e. The smallest absolute Gasteiger partial charge is 0.263 e. The van der Waals surface area contributed by atoms with Gasteiger partial charge in [0.1, 0.15) is 0 Å². The molecule has 31 heavy (non-hydrogen) atoms. The maximum absolute atomic E-state index is 13.6. The monoisotopic (exact) mass is 428 g/mol. The third-order valence-corrected chi connectivity index (χ3v) is 5.54. The van der Waals surface area contributed by atoms with Gasteiger partial charge in [0.25, 0.3) is 5.56 Å². The van der Waals surface area contributed by atoms with Crippen molar-refractivity contribution in [2.75, 3.05) is 5.32 Å². The van der Waals surface area contributed by atoms with E-state index >= 15 is 0 Å². The highest BCUT2D eigenvalue weighted by Gasteiger charge is 2.18. The minimum atomic E-state index is -0.115. The van der Waals surface area contributed by atoms with Crippen LogP contribution in [-0.2, 0) is 0 Å². The van der Waals surface area contributed by atoms with E-state index in [-0.39, 0.29) is 25.1 Å². The number of pyridine rings is 2. The van der Waals surface area contributed by atoms with Crippen molar-refractivity contribution in [3.8, 4) is 5.69 Å². The summed E-state index contributed by atoms with van der Waals surface area (Å²) in [4.78, 5) is 13.6. The number of anilines is 1. The van der Waals surface area contributed by atoms with Crippen LogP contribution in [0.5, 0.6) is 0 Å². The summed E-state index contributed by atoms with van der Waals surface area (Å²) in [5.41, 5.74) is 4.67. The van der Waals surface area contributed by atoms with Crippen molar-refractivity contribution < 1.29 is 0 Å². The van der Waals surface area contributed by atoms with Crippen LogP contribution in [0, 0.1) is 6.92 Å². The van der Waals surface area contributed by atoms with Gasteiger partial charge in [-0.15, -0.1) is 0 Å². The normalized spacial score (nSPS) is 11.9. The Hall–Kier alpha value is -3.51. The predicted octanol–water partition coefficient (Wildman–Crippen LogP) is 5.23. The first-order valence-corrected chi connectivity index (χ1v) is 10.0. The maximum Gasteiger partial charge on any atom is 0.263 e. The Morgan fingerprint density at radius 2 is 1.74 bits per heavy atom. The summed E-state index contributed by atoms with van der Waals surface area (Å²) in [7, 11) is 0. The molecule has 1 atom stereocenters. The van der Waals surface area contributed by atoms with Gasteiger partial charge in [0.2, 0.25) is 0 Å². The highest BCUT2D eigenvalue weighted by molar-refractivity contribution is 7.59. The maximum atomic E-state index is 13.6. The van der Waals surface area contributed by atoms with Crippen LogP contribution in [0.1, 0.15) is 24.2 Å². The molecular weight excluding hydrogens is 404 g/mol. The van der Waals surface area contributed by atoms with E-state index in [1.807, 2.05) is 95.1 Å². The molecule has 0 bridgehead atoms. The van der Waals surface area contributed by atoms with Crippen LogP contribution in [0.2, 0.25) is 0 Å². The van der Waals surface area contributed by atoms with Crippen LogP contribution in [0.4, 0.5) is 5.69 Å². The number of para-hydroxylation sites is 1. The Morgan fingerprint density at radius 3 is 2.55 bits per heavy atom. The van der Waals surface area contributed by atoms with Crippen molar-refractivity contribution in [3.05, 3.63) is 107 Å². The van der Waals surface area contributed by atoms with E-state index in [9.17, 15) is 4.79 Å². The van der Waals surface area contributed by atoms with Gasteiger partial charge in [-0.3, -0.25) is 9.36 Å². The first-order chi connectivity index (χ1) is 14.6. The molecule has 0 aliphatic carbocycles. The molecule has 6 heteroatoms. The first kappa shape index (κ1) is 20.8. The fraction of sp³-hybridized carbons (Fsp3) is 0.120. The average molecular weight is 429 g/mol. The number of hydrogen-bond donors (Lipinski definition) is 1. The molecule has 5 nitrogen and oxygen atoms in total. The number of nitrogens with one attached hydrogen (secondary N) is 1. The number of aryl methyl sites for hydroxylation is 1. The fourth-order valence-electron chi connectivity index (χ4n) is 4.07. The van der Waals surface area contributed by atoms with Crippen molar-refractivity contribution in [1.82, 2.24) is 14.2 Å². The molecule has 2 aromatic carbocycles. The molecule has 3 aromatic heterocycles. The Bertz CT molecular complexity index is 1420.